The van der Waals surface area contributed by atoms with Crippen LogP contribution in [-0.2, 0) is 6.42 Å². The minimum atomic E-state index is 0.724. The summed E-state index contributed by atoms with van der Waals surface area (Å²) in [7, 11) is 0. The van der Waals surface area contributed by atoms with Crippen molar-refractivity contribution in [1.82, 2.24) is 15.6 Å². The van der Waals surface area contributed by atoms with Crippen LogP contribution in [0.1, 0.15) is 50.7 Å². The largest absolute Gasteiger partial charge is 0.357 e. The number of thiazole rings is 1. The highest BCUT2D eigenvalue weighted by Crippen LogP contribution is 2.11. The van der Waals surface area contributed by atoms with Gasteiger partial charge in [0.1, 0.15) is 0 Å². The molecule has 0 aliphatic carbocycles. The van der Waals surface area contributed by atoms with Gasteiger partial charge in [-0.05, 0) is 45.4 Å². The van der Waals surface area contributed by atoms with Gasteiger partial charge in [-0.25, -0.2) is 4.98 Å². The maximum atomic E-state index is 4.62. The Morgan fingerprint density at radius 2 is 2.14 bits per heavy atom. The number of aliphatic imine (C=N–C) groups is 1. The number of guanidine groups is 1. The zero-order valence-electron chi connectivity index (χ0n) is 13.9. The van der Waals surface area contributed by atoms with E-state index in [1.165, 1.54) is 11.4 Å². The molecule has 0 spiro atoms. The highest BCUT2D eigenvalue weighted by atomic mass is 32.1. The van der Waals surface area contributed by atoms with Crippen molar-refractivity contribution < 1.29 is 0 Å². The molecule has 120 valence electrons. The van der Waals surface area contributed by atoms with Crippen molar-refractivity contribution in [3.05, 3.63) is 16.1 Å². The molecule has 0 radical (unpaired) electrons. The summed E-state index contributed by atoms with van der Waals surface area (Å²) in [5.74, 6) is 1.67. The predicted octanol–water partition coefficient (Wildman–Crippen LogP) is 3.38. The van der Waals surface area contributed by atoms with E-state index in [0.717, 1.165) is 56.5 Å². The fraction of sp³-hybridized carbons (Fsp3) is 0.750. The summed E-state index contributed by atoms with van der Waals surface area (Å²) in [6.45, 7) is 11.4. The summed E-state index contributed by atoms with van der Waals surface area (Å²) < 4.78 is 0. The third-order valence-corrected chi connectivity index (χ3v) is 4.12. The Morgan fingerprint density at radius 1 is 1.33 bits per heavy atom. The summed E-state index contributed by atoms with van der Waals surface area (Å²) in [5.41, 5.74) is 1.14. The van der Waals surface area contributed by atoms with Crippen molar-refractivity contribution in [3.8, 4) is 0 Å². The van der Waals surface area contributed by atoms with Crippen LogP contribution < -0.4 is 10.6 Å². The average Bonchev–Trinajstić information content (AvgIpc) is 2.83. The Labute approximate surface area is 133 Å². The van der Waals surface area contributed by atoms with E-state index < -0.39 is 0 Å². The second kappa shape index (κ2) is 10.6. The standard InChI is InChI=1S/C16H30N4S/c1-5-17-16(19-11-9-13(2)3)18-10-7-6-8-15-20-14(4)12-21-15/h12-13H,5-11H2,1-4H3,(H2,17,18,19). The Balaban J connectivity index is 2.20. The quantitative estimate of drug-likeness (QED) is 0.418. The van der Waals surface area contributed by atoms with Gasteiger partial charge in [-0.15, -0.1) is 11.3 Å². The first kappa shape index (κ1) is 18.0. The van der Waals surface area contributed by atoms with Crippen LogP contribution in [0.4, 0.5) is 0 Å². The molecule has 0 aliphatic rings. The lowest BCUT2D eigenvalue weighted by Gasteiger charge is -2.12. The molecule has 0 aliphatic heterocycles. The number of unbranched alkanes of at least 4 members (excludes halogenated alkanes) is 1. The monoisotopic (exact) mass is 310 g/mol. The highest BCUT2D eigenvalue weighted by Gasteiger charge is 2.00. The molecule has 2 N–H and O–H groups in total. The van der Waals surface area contributed by atoms with Gasteiger partial charge in [0.2, 0.25) is 0 Å². The second-order valence-electron chi connectivity index (χ2n) is 5.71. The van der Waals surface area contributed by atoms with Gasteiger partial charge in [0, 0.05) is 30.7 Å². The van der Waals surface area contributed by atoms with Gasteiger partial charge in [-0.2, -0.15) is 0 Å². The van der Waals surface area contributed by atoms with Crippen molar-refractivity contribution in [2.24, 2.45) is 10.9 Å². The first-order chi connectivity index (χ1) is 10.1. The maximum Gasteiger partial charge on any atom is 0.191 e. The molecule has 0 aromatic carbocycles. The number of nitrogens with zero attached hydrogens (tertiary/aromatic N) is 2. The summed E-state index contributed by atoms with van der Waals surface area (Å²) in [6, 6.07) is 0. The Kier molecular flexibility index (Phi) is 9.06. The van der Waals surface area contributed by atoms with E-state index in [9.17, 15) is 0 Å². The van der Waals surface area contributed by atoms with Crippen LogP contribution in [0.5, 0.6) is 0 Å². The van der Waals surface area contributed by atoms with E-state index in [1.54, 1.807) is 11.3 Å². The molecule has 21 heavy (non-hydrogen) atoms. The molecule has 1 heterocycles. The molecule has 0 saturated carbocycles. The number of hydrogen-bond acceptors (Lipinski definition) is 3. The molecule has 0 saturated heterocycles. The number of aryl methyl sites for hydroxylation is 2. The van der Waals surface area contributed by atoms with Crippen molar-refractivity contribution >= 4 is 17.3 Å². The second-order valence-corrected chi connectivity index (χ2v) is 6.65. The molecule has 0 unspecified atom stereocenters. The van der Waals surface area contributed by atoms with Crippen LogP contribution in [0, 0.1) is 12.8 Å². The normalized spacial score (nSPS) is 12.0. The lowest BCUT2D eigenvalue weighted by molar-refractivity contribution is 0.573. The fourth-order valence-electron chi connectivity index (χ4n) is 1.92. The van der Waals surface area contributed by atoms with Gasteiger partial charge in [0.15, 0.2) is 5.96 Å². The molecule has 0 atom stereocenters. The number of hydrogen-bond donors (Lipinski definition) is 2. The van der Waals surface area contributed by atoms with Gasteiger partial charge >= 0.3 is 0 Å². The van der Waals surface area contributed by atoms with E-state index >= 15 is 0 Å². The van der Waals surface area contributed by atoms with Crippen LogP contribution >= 0.6 is 11.3 Å². The molecule has 0 bridgehead atoms. The Bertz CT molecular complexity index is 412. The van der Waals surface area contributed by atoms with Crippen molar-refractivity contribution in [1.29, 1.82) is 0 Å². The van der Waals surface area contributed by atoms with E-state index in [0.29, 0.717) is 0 Å². The first-order valence-corrected chi connectivity index (χ1v) is 8.93. The van der Waals surface area contributed by atoms with Crippen molar-refractivity contribution in [3.63, 3.8) is 0 Å². The SMILES string of the molecule is CCNC(=NCCCCc1nc(C)cs1)NCCC(C)C. The Hall–Kier alpha value is -1.10. The zero-order chi connectivity index (χ0) is 15.5. The number of aromatic nitrogens is 1. The van der Waals surface area contributed by atoms with Gasteiger partial charge in [0.25, 0.3) is 0 Å². The molecule has 1 rings (SSSR count). The number of nitrogens with one attached hydrogen (secondary N) is 2. The minimum absolute atomic E-state index is 0.724. The van der Waals surface area contributed by atoms with E-state index in [1.807, 2.05) is 0 Å². The maximum absolute atomic E-state index is 4.62. The zero-order valence-corrected chi connectivity index (χ0v) is 14.7. The van der Waals surface area contributed by atoms with Gasteiger partial charge in [0.05, 0.1) is 5.01 Å². The fourth-order valence-corrected chi connectivity index (χ4v) is 2.74. The van der Waals surface area contributed by atoms with Crippen LogP contribution in [0.15, 0.2) is 10.4 Å². The van der Waals surface area contributed by atoms with Crippen LogP contribution in [0.3, 0.4) is 0 Å². The third kappa shape index (κ3) is 8.71. The lowest BCUT2D eigenvalue weighted by Crippen LogP contribution is -2.38. The molecule has 0 amide bonds. The molecule has 5 heteroatoms. The van der Waals surface area contributed by atoms with Gasteiger partial charge in [-0.1, -0.05) is 13.8 Å². The van der Waals surface area contributed by atoms with Crippen LogP contribution in [0.2, 0.25) is 0 Å². The van der Waals surface area contributed by atoms with Crippen LogP contribution in [-0.4, -0.2) is 30.6 Å². The minimum Gasteiger partial charge on any atom is -0.357 e. The van der Waals surface area contributed by atoms with E-state index in [-0.39, 0.29) is 0 Å². The third-order valence-electron chi connectivity index (χ3n) is 3.09. The Morgan fingerprint density at radius 3 is 2.76 bits per heavy atom. The van der Waals surface area contributed by atoms with Crippen molar-refractivity contribution in [2.75, 3.05) is 19.6 Å². The molecule has 1 aromatic heterocycles. The first-order valence-electron chi connectivity index (χ1n) is 8.05. The predicted molar refractivity (Wildman–Crippen MR) is 93.2 cm³/mol. The molecule has 0 fully saturated rings. The van der Waals surface area contributed by atoms with Gasteiger partial charge < -0.3 is 10.6 Å². The summed E-state index contributed by atoms with van der Waals surface area (Å²) in [6.07, 6.45) is 4.51. The summed E-state index contributed by atoms with van der Waals surface area (Å²) in [4.78, 5) is 9.11. The van der Waals surface area contributed by atoms with Crippen LogP contribution in [0.25, 0.3) is 0 Å². The highest BCUT2D eigenvalue weighted by molar-refractivity contribution is 7.09. The van der Waals surface area contributed by atoms with Gasteiger partial charge in [-0.3, -0.25) is 4.99 Å². The van der Waals surface area contributed by atoms with E-state index in [4.69, 9.17) is 0 Å². The topological polar surface area (TPSA) is 49.3 Å². The van der Waals surface area contributed by atoms with Crippen molar-refractivity contribution in [2.45, 2.75) is 53.4 Å². The molecular formula is C16H30N4S. The average molecular weight is 311 g/mol. The van der Waals surface area contributed by atoms with E-state index in [2.05, 4.69) is 53.7 Å². The summed E-state index contributed by atoms with van der Waals surface area (Å²) >= 11 is 1.76. The smallest absolute Gasteiger partial charge is 0.191 e. The molecular weight excluding hydrogens is 280 g/mol. The summed E-state index contributed by atoms with van der Waals surface area (Å²) in [5, 5.41) is 10.1. The lowest BCUT2D eigenvalue weighted by atomic mass is 10.1. The molecule has 4 nitrogen and oxygen atoms in total. The molecule has 1 aromatic rings. The number of rotatable bonds is 9.